The van der Waals surface area contributed by atoms with E-state index in [-0.39, 0.29) is 6.04 Å². The van der Waals surface area contributed by atoms with Gasteiger partial charge in [-0.25, -0.2) is 0 Å². The van der Waals surface area contributed by atoms with Gasteiger partial charge < -0.3 is 10.2 Å². The molecule has 0 aliphatic heterocycles. The molecule has 1 rings (SSSR count). The molecule has 2 nitrogen and oxygen atoms in total. The Morgan fingerprint density at radius 1 is 1.06 bits per heavy atom. The molecule has 18 heavy (non-hydrogen) atoms. The molecule has 0 fully saturated rings. The van der Waals surface area contributed by atoms with Gasteiger partial charge in [0.15, 0.2) is 4.67 Å². The number of unbranched alkanes of at least 4 members (excludes halogenated alkanes) is 7. The second kappa shape index (κ2) is 9.62. The molecule has 1 aromatic heterocycles. The first-order valence-electron chi connectivity index (χ1n) is 7.25. The van der Waals surface area contributed by atoms with Gasteiger partial charge >= 0.3 is 0 Å². The van der Waals surface area contributed by atoms with Crippen molar-refractivity contribution in [2.45, 2.75) is 70.8 Å². The van der Waals surface area contributed by atoms with E-state index in [0.29, 0.717) is 0 Å². The van der Waals surface area contributed by atoms with Gasteiger partial charge in [0.25, 0.3) is 0 Å². The number of halogens is 1. The molecule has 0 aromatic carbocycles. The van der Waals surface area contributed by atoms with Gasteiger partial charge in [0, 0.05) is 0 Å². The lowest BCUT2D eigenvalue weighted by molar-refractivity contribution is 0.425. The molecular formula is C15H26BrNO. The molecule has 0 radical (unpaired) electrons. The molecule has 0 amide bonds. The van der Waals surface area contributed by atoms with Crippen LogP contribution in [0, 0.1) is 0 Å². The van der Waals surface area contributed by atoms with Crippen molar-refractivity contribution in [3.05, 3.63) is 22.6 Å². The lowest BCUT2D eigenvalue weighted by Gasteiger charge is -2.08. The summed E-state index contributed by atoms with van der Waals surface area (Å²) in [5, 5.41) is 0. The predicted molar refractivity (Wildman–Crippen MR) is 80.6 cm³/mol. The van der Waals surface area contributed by atoms with E-state index in [0.717, 1.165) is 16.9 Å². The molecule has 0 saturated heterocycles. The van der Waals surface area contributed by atoms with Gasteiger partial charge in [-0.3, -0.25) is 0 Å². The average molecular weight is 316 g/mol. The van der Waals surface area contributed by atoms with Crippen molar-refractivity contribution in [3.63, 3.8) is 0 Å². The zero-order chi connectivity index (χ0) is 13.2. The topological polar surface area (TPSA) is 39.2 Å². The number of hydrogen-bond acceptors (Lipinski definition) is 2. The van der Waals surface area contributed by atoms with Gasteiger partial charge in [-0.05, 0) is 34.5 Å². The van der Waals surface area contributed by atoms with Crippen LogP contribution in [0.2, 0.25) is 0 Å². The molecular weight excluding hydrogens is 290 g/mol. The molecule has 104 valence electrons. The molecule has 1 aromatic rings. The van der Waals surface area contributed by atoms with Crippen molar-refractivity contribution in [3.8, 4) is 0 Å². The maximum Gasteiger partial charge on any atom is 0.169 e. The largest absolute Gasteiger partial charge is 0.453 e. The summed E-state index contributed by atoms with van der Waals surface area (Å²) in [6.45, 7) is 2.26. The summed E-state index contributed by atoms with van der Waals surface area (Å²) >= 11 is 3.30. The molecule has 0 aliphatic carbocycles. The molecule has 0 bridgehead atoms. The van der Waals surface area contributed by atoms with Crippen LogP contribution in [-0.4, -0.2) is 0 Å². The van der Waals surface area contributed by atoms with Crippen molar-refractivity contribution < 1.29 is 4.42 Å². The second-order valence-electron chi connectivity index (χ2n) is 5.01. The average Bonchev–Trinajstić information content (AvgIpc) is 2.79. The Labute approximate surface area is 119 Å². The summed E-state index contributed by atoms with van der Waals surface area (Å²) in [5.74, 6) is 0.893. The van der Waals surface area contributed by atoms with Crippen LogP contribution < -0.4 is 5.73 Å². The highest BCUT2D eigenvalue weighted by Gasteiger charge is 2.09. The van der Waals surface area contributed by atoms with Crippen molar-refractivity contribution in [2.24, 2.45) is 5.73 Å². The Balaban J connectivity index is 1.97. The zero-order valence-corrected chi connectivity index (χ0v) is 13.0. The molecule has 1 atom stereocenters. The molecule has 0 spiro atoms. The Morgan fingerprint density at radius 3 is 2.22 bits per heavy atom. The van der Waals surface area contributed by atoms with Crippen LogP contribution in [0.15, 0.2) is 21.2 Å². The summed E-state index contributed by atoms with van der Waals surface area (Å²) < 4.78 is 6.23. The Kier molecular flexibility index (Phi) is 8.44. The van der Waals surface area contributed by atoms with E-state index >= 15 is 0 Å². The summed E-state index contributed by atoms with van der Waals surface area (Å²) in [7, 11) is 0. The number of hydrogen-bond donors (Lipinski definition) is 1. The van der Waals surface area contributed by atoms with Crippen LogP contribution in [0.4, 0.5) is 0 Å². The van der Waals surface area contributed by atoms with Crippen LogP contribution >= 0.6 is 15.9 Å². The minimum Gasteiger partial charge on any atom is -0.453 e. The fourth-order valence-corrected chi connectivity index (χ4v) is 2.49. The first-order valence-corrected chi connectivity index (χ1v) is 8.04. The smallest absolute Gasteiger partial charge is 0.169 e. The highest BCUT2D eigenvalue weighted by molar-refractivity contribution is 9.10. The summed E-state index contributed by atoms with van der Waals surface area (Å²) in [6.07, 6.45) is 11.7. The van der Waals surface area contributed by atoms with Crippen molar-refractivity contribution in [1.29, 1.82) is 0 Å². The van der Waals surface area contributed by atoms with Crippen molar-refractivity contribution >= 4 is 15.9 Å². The van der Waals surface area contributed by atoms with Gasteiger partial charge in [-0.1, -0.05) is 58.3 Å². The highest BCUT2D eigenvalue weighted by atomic mass is 79.9. The third-order valence-corrected chi connectivity index (χ3v) is 3.75. The van der Waals surface area contributed by atoms with E-state index < -0.39 is 0 Å². The van der Waals surface area contributed by atoms with Crippen LogP contribution in [0.5, 0.6) is 0 Å². The summed E-state index contributed by atoms with van der Waals surface area (Å²) in [4.78, 5) is 0. The standard InChI is InChI=1S/C15H26BrNO/c1-2-3-4-5-6-7-8-9-10-13(17)14-11-12-15(16)18-14/h11-13H,2-10,17H2,1H3. The minimum atomic E-state index is 0.0522. The van der Waals surface area contributed by atoms with Gasteiger partial charge in [0.2, 0.25) is 0 Å². The van der Waals surface area contributed by atoms with E-state index in [1.807, 2.05) is 12.1 Å². The first kappa shape index (κ1) is 15.8. The van der Waals surface area contributed by atoms with Gasteiger partial charge in [0.1, 0.15) is 5.76 Å². The molecule has 2 N–H and O–H groups in total. The molecule has 0 saturated carbocycles. The second-order valence-corrected chi connectivity index (χ2v) is 5.79. The monoisotopic (exact) mass is 315 g/mol. The summed E-state index contributed by atoms with van der Waals surface area (Å²) in [6, 6.07) is 3.92. The minimum absolute atomic E-state index is 0.0522. The van der Waals surface area contributed by atoms with Gasteiger partial charge in [-0.2, -0.15) is 0 Å². The fourth-order valence-electron chi connectivity index (χ4n) is 2.17. The maximum atomic E-state index is 6.07. The fraction of sp³-hybridized carbons (Fsp3) is 0.733. The summed E-state index contributed by atoms with van der Waals surface area (Å²) in [5.41, 5.74) is 6.07. The predicted octanol–water partition coefficient (Wildman–Crippen LogP) is 5.57. The molecule has 0 aliphatic rings. The number of furan rings is 1. The highest BCUT2D eigenvalue weighted by Crippen LogP contribution is 2.22. The quantitative estimate of drug-likeness (QED) is 0.573. The van der Waals surface area contributed by atoms with E-state index in [4.69, 9.17) is 10.2 Å². The Morgan fingerprint density at radius 2 is 1.67 bits per heavy atom. The van der Waals surface area contributed by atoms with Gasteiger partial charge in [-0.15, -0.1) is 0 Å². The van der Waals surface area contributed by atoms with Crippen molar-refractivity contribution in [1.82, 2.24) is 0 Å². The zero-order valence-electron chi connectivity index (χ0n) is 11.5. The van der Waals surface area contributed by atoms with E-state index in [1.54, 1.807) is 0 Å². The maximum absolute atomic E-state index is 6.07. The van der Waals surface area contributed by atoms with Crippen LogP contribution in [0.1, 0.15) is 76.5 Å². The third-order valence-electron chi connectivity index (χ3n) is 3.33. The van der Waals surface area contributed by atoms with Crippen LogP contribution in [0.3, 0.4) is 0 Å². The molecule has 1 heterocycles. The van der Waals surface area contributed by atoms with Crippen LogP contribution in [0.25, 0.3) is 0 Å². The third kappa shape index (κ3) is 6.60. The number of nitrogens with two attached hydrogens (primary N) is 1. The molecule has 3 heteroatoms. The lowest BCUT2D eigenvalue weighted by atomic mass is 10.0. The number of rotatable bonds is 10. The van der Waals surface area contributed by atoms with E-state index in [1.165, 1.54) is 51.4 Å². The SMILES string of the molecule is CCCCCCCCCCC(N)c1ccc(Br)o1. The van der Waals surface area contributed by atoms with Gasteiger partial charge in [0.05, 0.1) is 6.04 Å². The first-order chi connectivity index (χ1) is 8.74. The Bertz CT molecular complexity index is 311. The van der Waals surface area contributed by atoms with Crippen LogP contribution in [-0.2, 0) is 0 Å². The Hall–Kier alpha value is -0.280. The van der Waals surface area contributed by atoms with E-state index in [2.05, 4.69) is 22.9 Å². The normalized spacial score (nSPS) is 12.8. The van der Waals surface area contributed by atoms with Crippen molar-refractivity contribution in [2.75, 3.05) is 0 Å². The lowest BCUT2D eigenvalue weighted by Crippen LogP contribution is -2.08. The van der Waals surface area contributed by atoms with E-state index in [9.17, 15) is 0 Å². The molecule has 1 unspecified atom stereocenters.